The lowest BCUT2D eigenvalue weighted by Crippen LogP contribution is -2.67. The number of rotatable bonds is 3. The first-order valence-corrected chi connectivity index (χ1v) is 8.17. The van der Waals surface area contributed by atoms with Crippen LogP contribution in [0.3, 0.4) is 0 Å². The highest BCUT2D eigenvalue weighted by molar-refractivity contribution is 7.07. The molecule has 3 atom stereocenters. The van der Waals surface area contributed by atoms with Gasteiger partial charge in [0.2, 0.25) is 0 Å². The average Bonchev–Trinajstić information content (AvgIpc) is 3.08. The van der Waals surface area contributed by atoms with Gasteiger partial charge in [-0.05, 0) is 28.8 Å². The Bertz CT molecular complexity index is 483. The fourth-order valence-corrected chi connectivity index (χ4v) is 4.21. The van der Waals surface area contributed by atoms with Crippen molar-refractivity contribution >= 4 is 17.3 Å². The van der Waals surface area contributed by atoms with Gasteiger partial charge >= 0.3 is 0 Å². The van der Waals surface area contributed by atoms with Gasteiger partial charge in [0.25, 0.3) is 0 Å². The third-order valence-electron chi connectivity index (χ3n) is 4.66. The van der Waals surface area contributed by atoms with Gasteiger partial charge in [0, 0.05) is 37.6 Å². The van der Waals surface area contributed by atoms with E-state index in [2.05, 4.69) is 46.3 Å². The smallest absolute Gasteiger partial charge is 0.191 e. The zero-order chi connectivity index (χ0) is 14.2. The highest BCUT2D eigenvalue weighted by Gasteiger charge is 2.59. The highest BCUT2D eigenvalue weighted by atomic mass is 32.1. The summed E-state index contributed by atoms with van der Waals surface area (Å²) in [4.78, 5) is 4.35. The van der Waals surface area contributed by atoms with Crippen molar-refractivity contribution < 1.29 is 4.74 Å². The van der Waals surface area contributed by atoms with E-state index in [1.807, 2.05) is 7.05 Å². The van der Waals surface area contributed by atoms with E-state index in [0.717, 1.165) is 25.5 Å². The highest BCUT2D eigenvalue weighted by Crippen LogP contribution is 2.52. The molecule has 1 aromatic heterocycles. The summed E-state index contributed by atoms with van der Waals surface area (Å²) < 4.78 is 5.83. The van der Waals surface area contributed by atoms with E-state index in [4.69, 9.17) is 4.74 Å². The number of fused-ring (bicyclic) bond motifs is 1. The van der Waals surface area contributed by atoms with Gasteiger partial charge in [-0.15, -0.1) is 0 Å². The van der Waals surface area contributed by atoms with Crippen LogP contribution < -0.4 is 10.6 Å². The lowest BCUT2D eigenvalue weighted by atomic mass is 9.57. The van der Waals surface area contributed by atoms with Crippen molar-refractivity contribution in [2.75, 3.05) is 13.7 Å². The SMILES string of the molecule is CN=C(NCc1ccsc1)NC1C2CCOC2C1(C)C. The van der Waals surface area contributed by atoms with Crippen LogP contribution in [0.5, 0.6) is 0 Å². The Labute approximate surface area is 124 Å². The molecular weight excluding hydrogens is 270 g/mol. The second kappa shape index (κ2) is 5.37. The second-order valence-corrected chi connectivity index (χ2v) is 7.02. The lowest BCUT2D eigenvalue weighted by Gasteiger charge is -2.54. The monoisotopic (exact) mass is 293 g/mol. The molecule has 2 aliphatic rings. The van der Waals surface area contributed by atoms with Gasteiger partial charge in [-0.25, -0.2) is 0 Å². The van der Waals surface area contributed by atoms with Crippen molar-refractivity contribution in [3.8, 4) is 0 Å². The van der Waals surface area contributed by atoms with E-state index in [1.165, 1.54) is 5.56 Å². The van der Waals surface area contributed by atoms with Crippen molar-refractivity contribution in [3.05, 3.63) is 22.4 Å². The van der Waals surface area contributed by atoms with Gasteiger partial charge in [-0.3, -0.25) is 4.99 Å². The predicted octanol–water partition coefficient (Wildman–Crippen LogP) is 2.23. The summed E-state index contributed by atoms with van der Waals surface area (Å²) in [6.45, 7) is 6.28. The van der Waals surface area contributed by atoms with Crippen molar-refractivity contribution in [2.24, 2.45) is 16.3 Å². The fraction of sp³-hybridized carbons (Fsp3) is 0.667. The molecule has 0 amide bonds. The number of thiophene rings is 1. The van der Waals surface area contributed by atoms with Crippen molar-refractivity contribution in [3.63, 3.8) is 0 Å². The normalized spacial score (nSPS) is 31.6. The number of hydrogen-bond acceptors (Lipinski definition) is 3. The van der Waals surface area contributed by atoms with Gasteiger partial charge in [-0.1, -0.05) is 13.8 Å². The van der Waals surface area contributed by atoms with Gasteiger partial charge in [0.15, 0.2) is 5.96 Å². The number of ether oxygens (including phenoxy) is 1. The van der Waals surface area contributed by atoms with Crippen LogP contribution in [0.15, 0.2) is 21.8 Å². The van der Waals surface area contributed by atoms with Crippen LogP contribution in [0, 0.1) is 11.3 Å². The number of guanidine groups is 1. The number of nitrogens with zero attached hydrogens (tertiary/aromatic N) is 1. The molecule has 110 valence electrons. The molecule has 2 N–H and O–H groups in total. The van der Waals surface area contributed by atoms with Gasteiger partial charge < -0.3 is 15.4 Å². The first kappa shape index (κ1) is 13.9. The van der Waals surface area contributed by atoms with E-state index in [0.29, 0.717) is 18.1 Å². The van der Waals surface area contributed by atoms with Crippen LogP contribution >= 0.6 is 11.3 Å². The maximum Gasteiger partial charge on any atom is 0.191 e. The minimum atomic E-state index is 0.182. The Kier molecular flexibility index (Phi) is 3.73. The van der Waals surface area contributed by atoms with Crippen LogP contribution in [0.4, 0.5) is 0 Å². The third kappa shape index (κ3) is 2.33. The molecule has 1 saturated heterocycles. The summed E-state index contributed by atoms with van der Waals surface area (Å²) in [5.41, 5.74) is 1.48. The van der Waals surface area contributed by atoms with E-state index in [-0.39, 0.29) is 5.41 Å². The van der Waals surface area contributed by atoms with E-state index >= 15 is 0 Å². The molecule has 3 rings (SSSR count). The molecule has 1 aromatic rings. The quantitative estimate of drug-likeness (QED) is 0.663. The van der Waals surface area contributed by atoms with E-state index in [1.54, 1.807) is 11.3 Å². The minimum Gasteiger partial charge on any atom is -0.377 e. The molecule has 2 fully saturated rings. The zero-order valence-electron chi connectivity index (χ0n) is 12.3. The summed E-state index contributed by atoms with van der Waals surface area (Å²) in [5.74, 6) is 1.52. The molecule has 20 heavy (non-hydrogen) atoms. The van der Waals surface area contributed by atoms with E-state index < -0.39 is 0 Å². The predicted molar refractivity (Wildman–Crippen MR) is 83.1 cm³/mol. The van der Waals surface area contributed by atoms with Crippen molar-refractivity contribution in [1.29, 1.82) is 0 Å². The molecule has 1 saturated carbocycles. The van der Waals surface area contributed by atoms with Crippen LogP contribution in [0.1, 0.15) is 25.8 Å². The van der Waals surface area contributed by atoms with Crippen LogP contribution in [-0.2, 0) is 11.3 Å². The zero-order valence-corrected chi connectivity index (χ0v) is 13.2. The number of hydrogen-bond donors (Lipinski definition) is 2. The Balaban J connectivity index is 1.58. The molecule has 0 bridgehead atoms. The lowest BCUT2D eigenvalue weighted by molar-refractivity contribution is -0.106. The number of nitrogens with one attached hydrogen (secondary N) is 2. The van der Waals surface area contributed by atoms with E-state index in [9.17, 15) is 0 Å². The fourth-order valence-electron chi connectivity index (χ4n) is 3.54. The molecule has 3 unspecified atom stereocenters. The molecule has 0 aromatic carbocycles. The molecule has 0 radical (unpaired) electrons. The van der Waals surface area contributed by atoms with Gasteiger partial charge in [-0.2, -0.15) is 11.3 Å². The average molecular weight is 293 g/mol. The molecule has 2 heterocycles. The summed E-state index contributed by atoms with van der Waals surface area (Å²) >= 11 is 1.72. The maximum absolute atomic E-state index is 5.83. The summed E-state index contributed by atoms with van der Waals surface area (Å²) in [6, 6.07) is 2.59. The first-order valence-electron chi connectivity index (χ1n) is 7.23. The van der Waals surface area contributed by atoms with Crippen molar-refractivity contribution in [2.45, 2.75) is 39.0 Å². The number of aliphatic imine (C=N–C) groups is 1. The van der Waals surface area contributed by atoms with Gasteiger partial charge in [0.05, 0.1) is 6.10 Å². The largest absolute Gasteiger partial charge is 0.377 e. The topological polar surface area (TPSA) is 45.7 Å². The molecule has 0 spiro atoms. The van der Waals surface area contributed by atoms with Crippen LogP contribution in [-0.4, -0.2) is 31.8 Å². The molecular formula is C15H23N3OS. The minimum absolute atomic E-state index is 0.182. The molecule has 1 aliphatic carbocycles. The summed E-state index contributed by atoms with van der Waals surface area (Å²) in [7, 11) is 1.83. The van der Waals surface area contributed by atoms with Crippen molar-refractivity contribution in [1.82, 2.24) is 10.6 Å². The Hall–Kier alpha value is -1.07. The Morgan fingerprint density at radius 1 is 1.55 bits per heavy atom. The van der Waals surface area contributed by atoms with Crippen LogP contribution in [0.25, 0.3) is 0 Å². The first-order chi connectivity index (χ1) is 9.63. The third-order valence-corrected chi connectivity index (χ3v) is 5.39. The Morgan fingerprint density at radius 3 is 3.10 bits per heavy atom. The molecule has 5 heteroatoms. The Morgan fingerprint density at radius 2 is 2.40 bits per heavy atom. The van der Waals surface area contributed by atoms with Crippen LogP contribution in [0.2, 0.25) is 0 Å². The maximum atomic E-state index is 5.83. The standard InChI is InChI=1S/C15H23N3OS/c1-15(2)12(11-4-6-19-13(11)15)18-14(16-3)17-8-10-5-7-20-9-10/h5,7,9,11-13H,4,6,8H2,1-3H3,(H2,16,17,18). The second-order valence-electron chi connectivity index (χ2n) is 6.24. The molecule has 1 aliphatic heterocycles. The molecule has 4 nitrogen and oxygen atoms in total. The summed E-state index contributed by atoms with van der Waals surface area (Å²) in [6.07, 6.45) is 1.57. The van der Waals surface area contributed by atoms with Gasteiger partial charge in [0.1, 0.15) is 0 Å². The summed E-state index contributed by atoms with van der Waals surface area (Å²) in [5, 5.41) is 11.2.